The highest BCUT2D eigenvalue weighted by Gasteiger charge is 2.12. The van der Waals surface area contributed by atoms with Crippen LogP contribution in [0.3, 0.4) is 0 Å². The van der Waals surface area contributed by atoms with Crippen molar-refractivity contribution in [2.24, 2.45) is 0 Å². The lowest BCUT2D eigenvalue weighted by atomic mass is 10.5. The molecule has 0 saturated carbocycles. The van der Waals surface area contributed by atoms with Crippen LogP contribution in [0.4, 0.5) is 0 Å². The Bertz CT molecular complexity index is 376. The van der Waals surface area contributed by atoms with Crippen LogP contribution in [0.25, 0.3) is 0 Å². The molecule has 0 aliphatic carbocycles. The molecule has 0 aromatic carbocycles. The zero-order chi connectivity index (χ0) is 9.35. The van der Waals surface area contributed by atoms with Gasteiger partial charge in [-0.15, -0.1) is 0 Å². The SMILES string of the molecule is CCn1ccc(S(C)(=O)=O)c1C. The summed E-state index contributed by atoms with van der Waals surface area (Å²) in [4.78, 5) is 0.435. The number of rotatable bonds is 2. The largest absolute Gasteiger partial charge is 0.351 e. The van der Waals surface area contributed by atoms with Gasteiger partial charge in [-0.3, -0.25) is 0 Å². The van der Waals surface area contributed by atoms with Gasteiger partial charge in [0.25, 0.3) is 0 Å². The van der Waals surface area contributed by atoms with Gasteiger partial charge in [0.15, 0.2) is 9.84 Å². The van der Waals surface area contributed by atoms with Gasteiger partial charge in [0.1, 0.15) is 0 Å². The Morgan fingerprint density at radius 3 is 2.33 bits per heavy atom. The zero-order valence-electron chi connectivity index (χ0n) is 7.53. The first-order valence-corrected chi connectivity index (χ1v) is 5.71. The van der Waals surface area contributed by atoms with Crippen molar-refractivity contribution in [3.05, 3.63) is 18.0 Å². The normalized spacial score (nSPS) is 11.9. The first-order chi connectivity index (χ1) is 5.46. The van der Waals surface area contributed by atoms with Crippen LogP contribution in [-0.2, 0) is 16.4 Å². The smallest absolute Gasteiger partial charge is 0.177 e. The predicted octanol–water partition coefficient (Wildman–Crippen LogP) is 1.22. The van der Waals surface area contributed by atoms with Crippen molar-refractivity contribution in [1.29, 1.82) is 0 Å². The van der Waals surface area contributed by atoms with Gasteiger partial charge >= 0.3 is 0 Å². The molecule has 3 nitrogen and oxygen atoms in total. The van der Waals surface area contributed by atoms with E-state index in [2.05, 4.69) is 0 Å². The molecule has 0 saturated heterocycles. The minimum absolute atomic E-state index is 0.435. The molecule has 0 fully saturated rings. The average Bonchev–Trinajstić information content (AvgIpc) is 2.29. The minimum atomic E-state index is -3.04. The number of aryl methyl sites for hydroxylation is 1. The molecule has 0 amide bonds. The molecule has 4 heteroatoms. The molecular weight excluding hydrogens is 174 g/mol. The summed E-state index contributed by atoms with van der Waals surface area (Å²) in [5, 5.41) is 0. The average molecular weight is 187 g/mol. The number of hydrogen-bond donors (Lipinski definition) is 0. The van der Waals surface area contributed by atoms with Gasteiger partial charge in [-0.2, -0.15) is 0 Å². The molecular formula is C8H13NO2S. The summed E-state index contributed by atoms with van der Waals surface area (Å²) in [7, 11) is -3.04. The van der Waals surface area contributed by atoms with Crippen LogP contribution in [0.1, 0.15) is 12.6 Å². The Balaban J connectivity index is 3.30. The van der Waals surface area contributed by atoms with Crippen LogP contribution in [0.2, 0.25) is 0 Å². The summed E-state index contributed by atoms with van der Waals surface area (Å²) in [6, 6.07) is 1.65. The minimum Gasteiger partial charge on any atom is -0.351 e. The van der Waals surface area contributed by atoms with Gasteiger partial charge in [-0.25, -0.2) is 8.42 Å². The van der Waals surface area contributed by atoms with Crippen LogP contribution >= 0.6 is 0 Å². The van der Waals surface area contributed by atoms with E-state index in [9.17, 15) is 8.42 Å². The maximum atomic E-state index is 11.2. The summed E-state index contributed by atoms with van der Waals surface area (Å²) < 4.78 is 24.3. The molecule has 68 valence electrons. The predicted molar refractivity (Wildman–Crippen MR) is 48.0 cm³/mol. The number of hydrogen-bond acceptors (Lipinski definition) is 2. The topological polar surface area (TPSA) is 39.1 Å². The van der Waals surface area contributed by atoms with Gasteiger partial charge in [0.2, 0.25) is 0 Å². The molecule has 1 rings (SSSR count). The van der Waals surface area contributed by atoms with Crippen molar-refractivity contribution in [2.75, 3.05) is 6.26 Å². The third-order valence-corrected chi connectivity index (χ3v) is 3.16. The first-order valence-electron chi connectivity index (χ1n) is 3.82. The van der Waals surface area contributed by atoms with E-state index in [0.29, 0.717) is 4.90 Å². The van der Waals surface area contributed by atoms with Crippen LogP contribution in [-0.4, -0.2) is 19.2 Å². The molecule has 1 heterocycles. The van der Waals surface area contributed by atoms with Crippen molar-refractivity contribution in [3.8, 4) is 0 Å². The fourth-order valence-corrected chi connectivity index (χ4v) is 2.23. The van der Waals surface area contributed by atoms with Crippen LogP contribution in [0.5, 0.6) is 0 Å². The number of nitrogens with zero attached hydrogens (tertiary/aromatic N) is 1. The number of aromatic nitrogens is 1. The second-order valence-electron chi connectivity index (χ2n) is 2.82. The maximum Gasteiger partial charge on any atom is 0.177 e. The standard InChI is InChI=1S/C8H13NO2S/c1-4-9-6-5-8(7(9)2)12(3,10)11/h5-6H,4H2,1-3H3. The van der Waals surface area contributed by atoms with Gasteiger partial charge in [0, 0.05) is 24.7 Å². The molecule has 0 atom stereocenters. The Hall–Kier alpha value is -0.770. The molecule has 0 aliphatic heterocycles. The van der Waals surface area contributed by atoms with Crippen molar-refractivity contribution in [2.45, 2.75) is 25.3 Å². The monoisotopic (exact) mass is 187 g/mol. The molecule has 0 N–H and O–H groups in total. The summed E-state index contributed by atoms with van der Waals surface area (Å²) in [6.45, 7) is 4.61. The highest BCUT2D eigenvalue weighted by molar-refractivity contribution is 7.90. The van der Waals surface area contributed by atoms with Gasteiger partial charge in [0.05, 0.1) is 4.90 Å². The third kappa shape index (κ3) is 1.53. The molecule has 1 aromatic rings. The number of sulfone groups is 1. The van der Waals surface area contributed by atoms with Crippen molar-refractivity contribution in [1.82, 2.24) is 4.57 Å². The quantitative estimate of drug-likeness (QED) is 0.698. The van der Waals surface area contributed by atoms with Crippen LogP contribution in [0.15, 0.2) is 17.2 Å². The Labute approximate surface area is 72.9 Å². The van der Waals surface area contributed by atoms with Gasteiger partial charge in [-0.1, -0.05) is 0 Å². The summed E-state index contributed by atoms with van der Waals surface area (Å²) in [6.07, 6.45) is 3.03. The van der Waals surface area contributed by atoms with E-state index in [-0.39, 0.29) is 0 Å². The summed E-state index contributed by atoms with van der Waals surface area (Å²) in [5.41, 5.74) is 0.819. The molecule has 0 bridgehead atoms. The molecule has 0 radical (unpaired) electrons. The van der Waals surface area contributed by atoms with E-state index in [1.54, 1.807) is 12.3 Å². The Kier molecular flexibility index (Phi) is 2.28. The van der Waals surface area contributed by atoms with Gasteiger partial charge in [-0.05, 0) is 19.9 Å². The van der Waals surface area contributed by atoms with E-state index in [0.717, 1.165) is 12.2 Å². The van der Waals surface area contributed by atoms with Crippen molar-refractivity contribution < 1.29 is 8.42 Å². The molecule has 0 unspecified atom stereocenters. The third-order valence-electron chi connectivity index (χ3n) is 1.93. The highest BCUT2D eigenvalue weighted by atomic mass is 32.2. The lowest BCUT2D eigenvalue weighted by Crippen LogP contribution is -2.01. The van der Waals surface area contributed by atoms with Gasteiger partial charge < -0.3 is 4.57 Å². The second kappa shape index (κ2) is 2.94. The second-order valence-corrected chi connectivity index (χ2v) is 4.81. The molecule has 1 aromatic heterocycles. The maximum absolute atomic E-state index is 11.2. The van der Waals surface area contributed by atoms with E-state index >= 15 is 0 Å². The zero-order valence-corrected chi connectivity index (χ0v) is 8.35. The fraction of sp³-hybridized carbons (Fsp3) is 0.500. The van der Waals surface area contributed by atoms with Crippen molar-refractivity contribution >= 4 is 9.84 Å². The summed E-state index contributed by atoms with van der Waals surface area (Å²) in [5.74, 6) is 0. The lowest BCUT2D eigenvalue weighted by Gasteiger charge is -2.01. The van der Waals surface area contributed by atoms with Crippen LogP contribution < -0.4 is 0 Å². The molecule has 0 aliphatic rings. The fourth-order valence-electron chi connectivity index (χ4n) is 1.27. The van der Waals surface area contributed by atoms with E-state index in [1.165, 1.54) is 6.26 Å². The lowest BCUT2D eigenvalue weighted by molar-refractivity contribution is 0.600. The molecule has 0 spiro atoms. The molecule has 12 heavy (non-hydrogen) atoms. The van der Waals surface area contributed by atoms with E-state index in [4.69, 9.17) is 0 Å². The Morgan fingerprint density at radius 2 is 2.08 bits per heavy atom. The van der Waals surface area contributed by atoms with Crippen molar-refractivity contribution in [3.63, 3.8) is 0 Å². The first kappa shape index (κ1) is 9.32. The van der Waals surface area contributed by atoms with E-state index in [1.807, 2.05) is 18.4 Å². The Morgan fingerprint density at radius 1 is 1.50 bits per heavy atom. The van der Waals surface area contributed by atoms with Crippen LogP contribution in [0, 0.1) is 6.92 Å². The highest BCUT2D eigenvalue weighted by Crippen LogP contribution is 2.15. The van der Waals surface area contributed by atoms with E-state index < -0.39 is 9.84 Å². The summed E-state index contributed by atoms with van der Waals surface area (Å²) >= 11 is 0.